The van der Waals surface area contributed by atoms with Crippen LogP contribution < -0.4 is 14.2 Å². The van der Waals surface area contributed by atoms with Crippen molar-refractivity contribution in [2.24, 2.45) is 0 Å². The lowest BCUT2D eigenvalue weighted by Crippen LogP contribution is -2.03. The van der Waals surface area contributed by atoms with E-state index in [0.29, 0.717) is 35.7 Å². The van der Waals surface area contributed by atoms with E-state index in [1.807, 2.05) is 0 Å². The van der Waals surface area contributed by atoms with E-state index in [0.717, 1.165) is 0 Å². The molecule has 0 saturated carbocycles. The molecule has 1 N–H and O–H groups in total. The van der Waals surface area contributed by atoms with Gasteiger partial charge in [0.1, 0.15) is 0 Å². The van der Waals surface area contributed by atoms with E-state index < -0.39 is 6.10 Å². The first kappa shape index (κ1) is 15.2. The van der Waals surface area contributed by atoms with Gasteiger partial charge in [0.05, 0.1) is 27.4 Å². The quantitative estimate of drug-likeness (QED) is 0.802. The highest BCUT2D eigenvalue weighted by atomic mass is 16.5. The average Bonchev–Trinajstić information content (AvgIpc) is 2.45. The van der Waals surface area contributed by atoms with Crippen LogP contribution in [0.25, 0.3) is 0 Å². The summed E-state index contributed by atoms with van der Waals surface area (Å²) in [6.07, 6.45) is 0.539. The van der Waals surface area contributed by atoms with Gasteiger partial charge in [-0.25, -0.2) is 0 Å². The zero-order valence-electron chi connectivity index (χ0n) is 11.8. The van der Waals surface area contributed by atoms with Crippen molar-refractivity contribution in [1.29, 1.82) is 0 Å². The van der Waals surface area contributed by atoms with Gasteiger partial charge in [0.2, 0.25) is 5.75 Å². The van der Waals surface area contributed by atoms with Crippen molar-refractivity contribution in [3.05, 3.63) is 17.7 Å². The van der Waals surface area contributed by atoms with Crippen molar-refractivity contribution in [2.45, 2.75) is 25.9 Å². The van der Waals surface area contributed by atoms with Gasteiger partial charge in [0, 0.05) is 12.0 Å². The molecule has 1 aromatic rings. The maximum Gasteiger partial charge on any atom is 0.203 e. The zero-order valence-corrected chi connectivity index (χ0v) is 11.8. The molecule has 0 aromatic heterocycles. The molecule has 0 fully saturated rings. The number of hydrogen-bond donors (Lipinski definition) is 1. The highest BCUT2D eigenvalue weighted by Crippen LogP contribution is 2.42. The van der Waals surface area contributed by atoms with Crippen molar-refractivity contribution >= 4 is 0 Å². The third kappa shape index (κ3) is 3.55. The van der Waals surface area contributed by atoms with Gasteiger partial charge in [-0.2, -0.15) is 0 Å². The number of hydrogen-bond acceptors (Lipinski definition) is 4. The SMILES string of the molecule is CC#CCCC(O)c1ccc(OC)c(OC)c1OC. The molecule has 0 spiro atoms. The predicted octanol–water partition coefficient (Wildman–Crippen LogP) is 2.55. The van der Waals surface area contributed by atoms with Crippen LogP contribution in [0.2, 0.25) is 0 Å². The third-order valence-corrected chi connectivity index (χ3v) is 2.81. The number of ether oxygens (including phenoxy) is 3. The molecule has 19 heavy (non-hydrogen) atoms. The first-order valence-corrected chi connectivity index (χ1v) is 6.06. The Hall–Kier alpha value is -1.86. The maximum absolute atomic E-state index is 10.2. The Morgan fingerprint density at radius 3 is 2.32 bits per heavy atom. The second-order valence-electron chi connectivity index (χ2n) is 3.90. The molecular weight excluding hydrogens is 244 g/mol. The highest BCUT2D eigenvalue weighted by molar-refractivity contribution is 5.56. The summed E-state index contributed by atoms with van der Waals surface area (Å²) in [5.41, 5.74) is 0.679. The fourth-order valence-corrected chi connectivity index (χ4v) is 1.88. The molecule has 0 radical (unpaired) electrons. The van der Waals surface area contributed by atoms with Crippen LogP contribution >= 0.6 is 0 Å². The first-order chi connectivity index (χ1) is 9.19. The van der Waals surface area contributed by atoms with Crippen LogP contribution in [-0.2, 0) is 0 Å². The topological polar surface area (TPSA) is 47.9 Å². The molecule has 0 bridgehead atoms. The van der Waals surface area contributed by atoms with E-state index in [-0.39, 0.29) is 0 Å². The third-order valence-electron chi connectivity index (χ3n) is 2.81. The van der Waals surface area contributed by atoms with Crippen molar-refractivity contribution in [3.8, 4) is 29.1 Å². The molecule has 0 aliphatic rings. The van der Waals surface area contributed by atoms with Gasteiger partial charge >= 0.3 is 0 Å². The Kier molecular flexibility index (Phi) is 6.04. The maximum atomic E-state index is 10.2. The van der Waals surface area contributed by atoms with Crippen LogP contribution in [-0.4, -0.2) is 26.4 Å². The summed E-state index contributed by atoms with van der Waals surface area (Å²) < 4.78 is 15.8. The summed E-state index contributed by atoms with van der Waals surface area (Å²) >= 11 is 0. The second-order valence-corrected chi connectivity index (χ2v) is 3.90. The van der Waals surface area contributed by atoms with Gasteiger partial charge in [-0.1, -0.05) is 0 Å². The van der Waals surface area contributed by atoms with Crippen LogP contribution in [0.1, 0.15) is 31.4 Å². The number of aliphatic hydroxyl groups is 1. The standard InChI is InChI=1S/C15H20O4/c1-5-6-7-8-12(16)11-9-10-13(17-2)15(19-4)14(11)18-3/h9-10,12,16H,7-8H2,1-4H3. The minimum absolute atomic E-state index is 0.489. The predicted molar refractivity (Wildman–Crippen MR) is 73.7 cm³/mol. The smallest absolute Gasteiger partial charge is 0.203 e. The van der Waals surface area contributed by atoms with Crippen molar-refractivity contribution in [2.75, 3.05) is 21.3 Å². The van der Waals surface area contributed by atoms with Gasteiger partial charge in [-0.05, 0) is 25.5 Å². The Morgan fingerprint density at radius 2 is 1.79 bits per heavy atom. The second kappa shape index (κ2) is 7.55. The molecule has 0 aliphatic heterocycles. The largest absolute Gasteiger partial charge is 0.493 e. The zero-order chi connectivity index (χ0) is 14.3. The summed E-state index contributed by atoms with van der Waals surface area (Å²) in [6.45, 7) is 1.78. The van der Waals surface area contributed by atoms with Gasteiger partial charge in [0.25, 0.3) is 0 Å². The molecular formula is C15H20O4. The summed E-state index contributed by atoms with van der Waals surface area (Å²) in [4.78, 5) is 0. The molecule has 104 valence electrons. The van der Waals surface area contributed by atoms with Crippen LogP contribution in [0.4, 0.5) is 0 Å². The van der Waals surface area contributed by atoms with E-state index in [9.17, 15) is 5.11 Å². The van der Waals surface area contributed by atoms with E-state index in [1.165, 1.54) is 0 Å². The van der Waals surface area contributed by atoms with Crippen molar-refractivity contribution in [3.63, 3.8) is 0 Å². The van der Waals surface area contributed by atoms with Crippen LogP contribution in [0, 0.1) is 11.8 Å². The Bertz CT molecular complexity index is 471. The van der Waals surface area contributed by atoms with E-state index in [2.05, 4.69) is 11.8 Å². The van der Waals surface area contributed by atoms with Crippen LogP contribution in [0.15, 0.2) is 12.1 Å². The van der Waals surface area contributed by atoms with Gasteiger partial charge in [-0.15, -0.1) is 11.8 Å². The number of benzene rings is 1. The highest BCUT2D eigenvalue weighted by Gasteiger charge is 2.20. The van der Waals surface area contributed by atoms with E-state index in [4.69, 9.17) is 14.2 Å². The van der Waals surface area contributed by atoms with Gasteiger partial charge < -0.3 is 19.3 Å². The lowest BCUT2D eigenvalue weighted by Gasteiger charge is -2.18. The Balaban J connectivity index is 3.08. The lowest BCUT2D eigenvalue weighted by atomic mass is 10.0. The number of methoxy groups -OCH3 is 3. The average molecular weight is 264 g/mol. The lowest BCUT2D eigenvalue weighted by molar-refractivity contribution is 0.164. The summed E-state index contributed by atoms with van der Waals surface area (Å²) in [7, 11) is 4.64. The fourth-order valence-electron chi connectivity index (χ4n) is 1.88. The minimum Gasteiger partial charge on any atom is -0.493 e. The van der Waals surface area contributed by atoms with Crippen molar-refractivity contribution < 1.29 is 19.3 Å². The minimum atomic E-state index is -0.643. The molecule has 1 rings (SSSR count). The summed E-state index contributed by atoms with van der Waals surface area (Å²) in [6, 6.07) is 3.54. The molecule has 0 saturated heterocycles. The molecule has 0 heterocycles. The van der Waals surface area contributed by atoms with Crippen LogP contribution in [0.5, 0.6) is 17.2 Å². The molecule has 1 unspecified atom stereocenters. The first-order valence-electron chi connectivity index (χ1n) is 6.06. The molecule has 4 heteroatoms. The monoisotopic (exact) mass is 264 g/mol. The van der Waals surface area contributed by atoms with Crippen molar-refractivity contribution in [1.82, 2.24) is 0 Å². The molecule has 4 nitrogen and oxygen atoms in total. The van der Waals surface area contributed by atoms with Gasteiger partial charge in [0.15, 0.2) is 11.5 Å². The molecule has 0 aliphatic carbocycles. The summed E-state index contributed by atoms with van der Waals surface area (Å²) in [5.74, 6) is 7.30. The molecule has 1 aromatic carbocycles. The molecule has 0 amide bonds. The fraction of sp³-hybridized carbons (Fsp3) is 0.467. The summed E-state index contributed by atoms with van der Waals surface area (Å²) in [5, 5.41) is 10.2. The Labute approximate surface area is 114 Å². The van der Waals surface area contributed by atoms with Gasteiger partial charge in [-0.3, -0.25) is 0 Å². The van der Waals surface area contributed by atoms with E-state index >= 15 is 0 Å². The number of rotatable bonds is 6. The van der Waals surface area contributed by atoms with Crippen LogP contribution in [0.3, 0.4) is 0 Å². The Morgan fingerprint density at radius 1 is 1.11 bits per heavy atom. The normalized spacial score (nSPS) is 11.2. The number of aliphatic hydroxyl groups excluding tert-OH is 1. The van der Waals surface area contributed by atoms with E-state index in [1.54, 1.807) is 40.4 Å². The molecule has 1 atom stereocenters.